The van der Waals surface area contributed by atoms with Crippen LogP contribution >= 0.6 is 0 Å². The lowest BCUT2D eigenvalue weighted by molar-refractivity contribution is 0.487. The Bertz CT molecular complexity index is 738. The van der Waals surface area contributed by atoms with Crippen LogP contribution in [0.25, 0.3) is 22.0 Å². The summed E-state index contributed by atoms with van der Waals surface area (Å²) in [6, 6.07) is 14.8. The molecule has 1 heterocycles. The summed E-state index contributed by atoms with van der Waals surface area (Å²) in [7, 11) is 0. The molecule has 3 rings (SSSR count). The largest absolute Gasteiger partial charge is 0.342 e. The molecule has 0 amide bonds. The Labute approximate surface area is 125 Å². The number of nitrogens with one attached hydrogen (secondary N) is 1. The highest BCUT2D eigenvalue weighted by molar-refractivity contribution is 5.95. The van der Waals surface area contributed by atoms with E-state index in [0.29, 0.717) is 12.5 Å². The summed E-state index contributed by atoms with van der Waals surface area (Å²) in [5, 5.41) is 2.48. The lowest BCUT2D eigenvalue weighted by Crippen LogP contribution is -2.19. The summed E-state index contributed by atoms with van der Waals surface area (Å²) >= 11 is 0. The van der Waals surface area contributed by atoms with Crippen LogP contribution in [0.1, 0.15) is 25.6 Å². The molecule has 3 aromatic rings. The number of hydrogen-bond acceptors (Lipinski definition) is 2. The van der Waals surface area contributed by atoms with Crippen molar-refractivity contribution in [2.75, 3.05) is 6.54 Å². The summed E-state index contributed by atoms with van der Waals surface area (Å²) in [6.45, 7) is 4.97. The van der Waals surface area contributed by atoms with Gasteiger partial charge in [-0.05, 0) is 16.7 Å². The normalized spacial score (nSPS) is 13.0. The van der Waals surface area contributed by atoms with Gasteiger partial charge >= 0.3 is 0 Å². The molecule has 0 saturated heterocycles. The number of nitrogens with zero attached hydrogens (tertiary/aromatic N) is 1. The molecule has 2 aromatic carbocycles. The molecule has 3 heteroatoms. The van der Waals surface area contributed by atoms with Crippen molar-refractivity contribution in [1.29, 1.82) is 0 Å². The Morgan fingerprint density at radius 2 is 1.86 bits per heavy atom. The first kappa shape index (κ1) is 13.8. The zero-order valence-corrected chi connectivity index (χ0v) is 12.5. The summed E-state index contributed by atoms with van der Waals surface area (Å²) in [6.07, 6.45) is 1.92. The summed E-state index contributed by atoms with van der Waals surface area (Å²) in [5.41, 5.74) is 8.13. The van der Waals surface area contributed by atoms with Gasteiger partial charge in [-0.2, -0.15) is 0 Å². The van der Waals surface area contributed by atoms with E-state index in [-0.39, 0.29) is 5.92 Å². The maximum Gasteiger partial charge on any atom is 0.111 e. The molecule has 0 spiro atoms. The van der Waals surface area contributed by atoms with Crippen LogP contribution in [0.3, 0.4) is 0 Å². The number of H-pyrrole nitrogens is 1. The predicted molar refractivity (Wildman–Crippen MR) is 88.2 cm³/mol. The van der Waals surface area contributed by atoms with E-state index in [1.165, 1.54) is 16.3 Å². The maximum atomic E-state index is 5.88. The quantitative estimate of drug-likeness (QED) is 0.760. The third-order valence-electron chi connectivity index (χ3n) is 4.09. The standard InChI is InChI=1S/C18H21N3/c1-12(2)16(10-19)18-20-11-17(21-18)15-9-5-7-13-6-3-4-8-14(13)15/h3-9,11-12,16H,10,19H2,1-2H3,(H,20,21). The molecule has 1 aromatic heterocycles. The maximum absolute atomic E-state index is 5.88. The lowest BCUT2D eigenvalue weighted by atomic mass is 9.95. The molecule has 3 nitrogen and oxygen atoms in total. The Morgan fingerprint density at radius 1 is 1.10 bits per heavy atom. The van der Waals surface area contributed by atoms with Crippen LogP contribution in [0.2, 0.25) is 0 Å². The van der Waals surface area contributed by atoms with Crippen molar-refractivity contribution in [2.24, 2.45) is 11.7 Å². The molecule has 21 heavy (non-hydrogen) atoms. The van der Waals surface area contributed by atoms with E-state index in [9.17, 15) is 0 Å². The SMILES string of the molecule is CC(C)C(CN)c1ncc(-c2cccc3ccccc23)[nH]1. The van der Waals surface area contributed by atoms with E-state index in [0.717, 1.165) is 11.5 Å². The molecule has 0 aliphatic rings. The van der Waals surface area contributed by atoms with Crippen LogP contribution in [0.15, 0.2) is 48.7 Å². The fourth-order valence-electron chi connectivity index (χ4n) is 2.82. The summed E-state index contributed by atoms with van der Waals surface area (Å²) in [5.74, 6) is 1.73. The molecule has 0 radical (unpaired) electrons. The van der Waals surface area contributed by atoms with Crippen LogP contribution in [0.4, 0.5) is 0 Å². The number of rotatable bonds is 4. The second kappa shape index (κ2) is 5.70. The van der Waals surface area contributed by atoms with Gasteiger partial charge in [0.2, 0.25) is 0 Å². The van der Waals surface area contributed by atoms with E-state index < -0.39 is 0 Å². The minimum absolute atomic E-state index is 0.272. The number of nitrogens with two attached hydrogens (primary N) is 1. The zero-order valence-electron chi connectivity index (χ0n) is 12.5. The summed E-state index contributed by atoms with van der Waals surface area (Å²) in [4.78, 5) is 8.02. The first-order valence-corrected chi connectivity index (χ1v) is 7.44. The van der Waals surface area contributed by atoms with Gasteiger partial charge in [-0.1, -0.05) is 56.3 Å². The number of aromatic nitrogens is 2. The molecule has 3 N–H and O–H groups in total. The van der Waals surface area contributed by atoms with Crippen LogP contribution < -0.4 is 5.73 Å². The van der Waals surface area contributed by atoms with E-state index in [1.807, 2.05) is 6.20 Å². The molecular weight excluding hydrogens is 258 g/mol. The molecular formula is C18H21N3. The monoisotopic (exact) mass is 279 g/mol. The fraction of sp³-hybridized carbons (Fsp3) is 0.278. The van der Waals surface area contributed by atoms with Gasteiger partial charge in [0.1, 0.15) is 5.82 Å². The minimum atomic E-state index is 0.272. The van der Waals surface area contributed by atoms with Gasteiger partial charge in [-0.25, -0.2) is 4.98 Å². The summed E-state index contributed by atoms with van der Waals surface area (Å²) < 4.78 is 0. The third kappa shape index (κ3) is 2.57. The predicted octanol–water partition coefficient (Wildman–Crippen LogP) is 3.93. The molecule has 0 fully saturated rings. The molecule has 0 saturated carbocycles. The van der Waals surface area contributed by atoms with Gasteiger partial charge in [0.15, 0.2) is 0 Å². The fourth-order valence-corrected chi connectivity index (χ4v) is 2.82. The highest BCUT2D eigenvalue weighted by atomic mass is 14.9. The molecule has 0 bridgehead atoms. The first-order chi connectivity index (χ1) is 10.2. The smallest absolute Gasteiger partial charge is 0.111 e. The second-order valence-corrected chi connectivity index (χ2v) is 5.80. The van der Waals surface area contributed by atoms with Gasteiger partial charge in [0, 0.05) is 18.0 Å². The number of benzene rings is 2. The third-order valence-corrected chi connectivity index (χ3v) is 4.09. The zero-order chi connectivity index (χ0) is 14.8. The second-order valence-electron chi connectivity index (χ2n) is 5.80. The van der Waals surface area contributed by atoms with E-state index in [2.05, 4.69) is 66.3 Å². The molecule has 0 aliphatic heterocycles. The highest BCUT2D eigenvalue weighted by Crippen LogP contribution is 2.29. The Kier molecular flexibility index (Phi) is 3.76. The van der Waals surface area contributed by atoms with Crippen molar-refractivity contribution in [2.45, 2.75) is 19.8 Å². The number of imidazole rings is 1. The van der Waals surface area contributed by atoms with Gasteiger partial charge < -0.3 is 10.7 Å². The molecule has 1 atom stereocenters. The van der Waals surface area contributed by atoms with Crippen molar-refractivity contribution in [1.82, 2.24) is 9.97 Å². The van der Waals surface area contributed by atoms with Gasteiger partial charge in [0.25, 0.3) is 0 Å². The average molecular weight is 279 g/mol. The van der Waals surface area contributed by atoms with Gasteiger partial charge in [-0.15, -0.1) is 0 Å². The number of fused-ring (bicyclic) bond motifs is 1. The van der Waals surface area contributed by atoms with Crippen LogP contribution in [-0.2, 0) is 0 Å². The highest BCUT2D eigenvalue weighted by Gasteiger charge is 2.18. The minimum Gasteiger partial charge on any atom is -0.342 e. The van der Waals surface area contributed by atoms with Crippen LogP contribution in [0.5, 0.6) is 0 Å². The van der Waals surface area contributed by atoms with Gasteiger partial charge in [-0.3, -0.25) is 0 Å². The van der Waals surface area contributed by atoms with Crippen molar-refractivity contribution in [3.63, 3.8) is 0 Å². The molecule has 0 aliphatic carbocycles. The van der Waals surface area contributed by atoms with Crippen molar-refractivity contribution in [3.8, 4) is 11.3 Å². The number of hydrogen-bond donors (Lipinski definition) is 2. The Hall–Kier alpha value is -2.13. The van der Waals surface area contributed by atoms with Crippen molar-refractivity contribution >= 4 is 10.8 Å². The van der Waals surface area contributed by atoms with Crippen LogP contribution in [-0.4, -0.2) is 16.5 Å². The Morgan fingerprint density at radius 3 is 2.62 bits per heavy atom. The van der Waals surface area contributed by atoms with E-state index in [1.54, 1.807) is 0 Å². The Balaban J connectivity index is 2.06. The average Bonchev–Trinajstić information content (AvgIpc) is 2.96. The van der Waals surface area contributed by atoms with Gasteiger partial charge in [0.05, 0.1) is 11.9 Å². The molecule has 108 valence electrons. The van der Waals surface area contributed by atoms with Crippen LogP contribution in [0, 0.1) is 5.92 Å². The topological polar surface area (TPSA) is 54.7 Å². The van der Waals surface area contributed by atoms with E-state index >= 15 is 0 Å². The lowest BCUT2D eigenvalue weighted by Gasteiger charge is -2.15. The first-order valence-electron chi connectivity index (χ1n) is 7.44. The van der Waals surface area contributed by atoms with E-state index in [4.69, 9.17) is 5.73 Å². The van der Waals surface area contributed by atoms with Crippen molar-refractivity contribution < 1.29 is 0 Å². The number of aromatic amines is 1. The molecule has 1 unspecified atom stereocenters. The van der Waals surface area contributed by atoms with Crippen molar-refractivity contribution in [3.05, 3.63) is 54.5 Å².